The molecule has 0 aliphatic heterocycles. The van der Waals surface area contributed by atoms with Crippen molar-refractivity contribution in [3.63, 3.8) is 0 Å². The number of anilines is 1. The molecule has 0 bridgehead atoms. The molecule has 3 N–H and O–H groups in total. The van der Waals surface area contributed by atoms with Gasteiger partial charge in [-0.3, -0.25) is 0 Å². The van der Waals surface area contributed by atoms with E-state index >= 15 is 0 Å². The van der Waals surface area contributed by atoms with Crippen molar-refractivity contribution in [1.82, 2.24) is 0 Å². The number of alkyl halides is 1. The first-order valence-electron chi connectivity index (χ1n) is 4.58. The van der Waals surface area contributed by atoms with Crippen molar-refractivity contribution in [3.8, 4) is 0 Å². The number of benzene rings is 1. The van der Waals surface area contributed by atoms with Gasteiger partial charge in [0.25, 0.3) is 0 Å². The Morgan fingerprint density at radius 2 is 2.06 bits per heavy atom. The van der Waals surface area contributed by atoms with E-state index in [4.69, 9.17) is 5.73 Å². The van der Waals surface area contributed by atoms with Crippen molar-refractivity contribution in [1.29, 1.82) is 0 Å². The minimum Gasteiger partial charge on any atom is -0.399 e. The maximum atomic E-state index is 11.5. The second-order valence-corrected chi connectivity index (χ2v) is 8.40. The molecular weight excluding hydrogens is 294 g/mol. The monoisotopic (exact) mass is 307 g/mol. The Bertz CT molecular complexity index is 485. The first-order chi connectivity index (χ1) is 7.16. The fourth-order valence-electron chi connectivity index (χ4n) is 1.23. The van der Waals surface area contributed by atoms with E-state index in [1.165, 1.54) is 6.92 Å². The Morgan fingerprint density at radius 3 is 2.50 bits per heavy atom. The van der Waals surface area contributed by atoms with Crippen LogP contribution >= 0.6 is 15.9 Å². The highest BCUT2D eigenvalue weighted by Gasteiger charge is 2.41. The van der Waals surface area contributed by atoms with Crippen molar-refractivity contribution >= 4 is 31.5 Å². The number of hydrogen-bond donors (Lipinski definition) is 2. The summed E-state index contributed by atoms with van der Waals surface area (Å²) in [6.45, 7) is 1.41. The van der Waals surface area contributed by atoms with Crippen LogP contribution in [0.4, 0.5) is 5.69 Å². The molecule has 90 valence electrons. The van der Waals surface area contributed by atoms with E-state index in [0.29, 0.717) is 11.3 Å². The summed E-state index contributed by atoms with van der Waals surface area (Å²) in [5.41, 5.74) is 6.52. The van der Waals surface area contributed by atoms with Crippen LogP contribution in [0.15, 0.2) is 24.3 Å². The zero-order valence-electron chi connectivity index (χ0n) is 9.01. The number of rotatable bonds is 3. The Hall–Kier alpha value is -0.590. The van der Waals surface area contributed by atoms with Crippen molar-refractivity contribution in [2.45, 2.75) is 16.7 Å². The third kappa shape index (κ3) is 2.56. The van der Waals surface area contributed by atoms with Crippen LogP contribution in [0.1, 0.15) is 18.6 Å². The van der Waals surface area contributed by atoms with Gasteiger partial charge in [-0.25, -0.2) is 8.42 Å². The number of sulfone groups is 1. The molecule has 0 aliphatic rings. The molecule has 16 heavy (non-hydrogen) atoms. The van der Waals surface area contributed by atoms with Crippen LogP contribution in [0, 0.1) is 0 Å². The third-order valence-corrected chi connectivity index (χ3v) is 6.31. The predicted octanol–water partition coefficient (Wildman–Crippen LogP) is 1.46. The lowest BCUT2D eigenvalue weighted by molar-refractivity contribution is 0.168. The van der Waals surface area contributed by atoms with Crippen molar-refractivity contribution in [3.05, 3.63) is 29.8 Å². The van der Waals surface area contributed by atoms with Gasteiger partial charge in [0, 0.05) is 11.9 Å². The fraction of sp³-hybridized carbons (Fsp3) is 0.400. The molecule has 6 heteroatoms. The minimum atomic E-state index is -3.44. The molecule has 0 fully saturated rings. The lowest BCUT2D eigenvalue weighted by atomic mass is 10.1. The van der Waals surface area contributed by atoms with Gasteiger partial charge in [-0.15, -0.1) is 0 Å². The van der Waals surface area contributed by atoms with E-state index in [9.17, 15) is 13.5 Å². The summed E-state index contributed by atoms with van der Waals surface area (Å²) in [5, 5.41) is 10.0. The van der Waals surface area contributed by atoms with E-state index in [1.807, 2.05) is 0 Å². The molecule has 4 nitrogen and oxygen atoms in total. The number of aliphatic hydroxyl groups is 1. The maximum Gasteiger partial charge on any atom is 0.165 e. The maximum absolute atomic E-state index is 11.5. The van der Waals surface area contributed by atoms with E-state index in [1.54, 1.807) is 24.3 Å². The van der Waals surface area contributed by atoms with Gasteiger partial charge in [-0.1, -0.05) is 28.1 Å². The molecule has 0 aromatic heterocycles. The van der Waals surface area contributed by atoms with E-state index in [2.05, 4.69) is 15.9 Å². The van der Waals surface area contributed by atoms with Crippen LogP contribution in [0.3, 0.4) is 0 Å². The van der Waals surface area contributed by atoms with E-state index in [0.717, 1.165) is 6.26 Å². The summed E-state index contributed by atoms with van der Waals surface area (Å²) < 4.78 is 21.6. The topological polar surface area (TPSA) is 80.4 Å². The summed E-state index contributed by atoms with van der Waals surface area (Å²) in [7, 11) is -3.44. The number of nitrogen functional groups attached to an aromatic ring is 1. The minimum absolute atomic E-state index is 0.463. The van der Waals surface area contributed by atoms with Gasteiger partial charge in [0.05, 0.1) is 0 Å². The zero-order chi connectivity index (χ0) is 12.6. The zero-order valence-corrected chi connectivity index (χ0v) is 11.4. The molecule has 0 radical (unpaired) electrons. The van der Waals surface area contributed by atoms with Gasteiger partial charge >= 0.3 is 0 Å². The molecule has 0 saturated heterocycles. The normalized spacial score (nSPS) is 17.8. The Labute approximate surface area is 104 Å². The Balaban J connectivity index is 3.17. The van der Waals surface area contributed by atoms with Gasteiger partial charge in [0.2, 0.25) is 0 Å². The summed E-state index contributed by atoms with van der Waals surface area (Å²) in [4.78, 5) is 0. The number of hydrogen-bond acceptors (Lipinski definition) is 4. The van der Waals surface area contributed by atoms with Gasteiger partial charge in [0.15, 0.2) is 13.5 Å². The van der Waals surface area contributed by atoms with E-state index in [-0.39, 0.29) is 0 Å². The van der Waals surface area contributed by atoms with Crippen LogP contribution in [0.25, 0.3) is 0 Å². The van der Waals surface area contributed by atoms with Crippen molar-refractivity contribution in [2.75, 3.05) is 12.0 Å². The molecule has 1 aromatic rings. The molecule has 0 saturated carbocycles. The lowest BCUT2D eigenvalue weighted by Gasteiger charge is -2.27. The van der Waals surface area contributed by atoms with E-state index < -0.39 is 19.6 Å². The molecule has 1 rings (SSSR count). The molecule has 0 unspecified atom stereocenters. The molecule has 0 amide bonds. The third-order valence-electron chi connectivity index (χ3n) is 2.44. The highest BCUT2D eigenvalue weighted by Crippen LogP contribution is 2.38. The predicted molar refractivity (Wildman–Crippen MR) is 68.0 cm³/mol. The van der Waals surface area contributed by atoms with Crippen LogP contribution in [-0.2, 0) is 9.84 Å². The summed E-state index contributed by atoms with van der Waals surface area (Å²) in [5.74, 6) is 0. The lowest BCUT2D eigenvalue weighted by Crippen LogP contribution is -2.34. The molecule has 0 aliphatic carbocycles. The number of halogens is 1. The van der Waals surface area contributed by atoms with Gasteiger partial charge in [-0.2, -0.15) is 0 Å². The van der Waals surface area contributed by atoms with Crippen molar-refractivity contribution in [2.24, 2.45) is 0 Å². The SMILES string of the molecule is C[C@](Br)([C@@H](O)c1cccc(N)c1)S(C)(=O)=O. The van der Waals surface area contributed by atoms with Crippen LogP contribution in [0.5, 0.6) is 0 Å². The van der Waals surface area contributed by atoms with Crippen LogP contribution in [0.2, 0.25) is 0 Å². The number of aliphatic hydroxyl groups excluding tert-OH is 1. The average Bonchev–Trinajstić information content (AvgIpc) is 2.14. The Morgan fingerprint density at radius 1 is 1.50 bits per heavy atom. The van der Waals surface area contributed by atoms with Gasteiger partial charge in [0.1, 0.15) is 6.10 Å². The molecule has 2 atom stereocenters. The van der Waals surface area contributed by atoms with Crippen LogP contribution < -0.4 is 5.73 Å². The average molecular weight is 308 g/mol. The molecule has 1 aromatic carbocycles. The quantitative estimate of drug-likeness (QED) is 0.654. The van der Waals surface area contributed by atoms with Crippen molar-refractivity contribution < 1.29 is 13.5 Å². The standard InChI is InChI=1S/C10H14BrNO3S/c1-10(11,16(2,14)15)9(13)7-4-3-5-8(12)6-7/h3-6,9,13H,12H2,1-2H3/t9-,10+/m0/s1. The highest BCUT2D eigenvalue weighted by atomic mass is 79.9. The summed E-state index contributed by atoms with van der Waals surface area (Å²) in [6, 6.07) is 6.52. The first kappa shape index (κ1) is 13.5. The highest BCUT2D eigenvalue weighted by molar-refractivity contribution is 9.11. The second kappa shape index (κ2) is 4.35. The molecule has 0 heterocycles. The smallest absolute Gasteiger partial charge is 0.165 e. The first-order valence-corrected chi connectivity index (χ1v) is 7.26. The summed E-state index contributed by atoms with van der Waals surface area (Å²) in [6.07, 6.45) is -0.108. The van der Waals surface area contributed by atoms with Gasteiger partial charge < -0.3 is 10.8 Å². The summed E-state index contributed by atoms with van der Waals surface area (Å²) >= 11 is 3.05. The molecular formula is C10H14BrNO3S. The molecule has 0 spiro atoms. The van der Waals surface area contributed by atoms with Gasteiger partial charge in [-0.05, 0) is 24.6 Å². The number of nitrogens with two attached hydrogens (primary N) is 1. The van der Waals surface area contributed by atoms with Crippen LogP contribution in [-0.4, -0.2) is 23.4 Å². The largest absolute Gasteiger partial charge is 0.399 e. The second-order valence-electron chi connectivity index (χ2n) is 3.83. The Kier molecular flexibility index (Phi) is 3.66. The fourth-order valence-corrected chi connectivity index (χ4v) is 2.04.